The first-order valence-electron chi connectivity index (χ1n) is 19.4. The third-order valence-corrected chi connectivity index (χ3v) is 16.0. The number of furan rings is 1. The number of carbonyl (C=O) groups excluding carboxylic acids is 1. The average molecular weight is 800 g/mol. The number of rotatable bonds is 11. The molecule has 9 unspecified atom stereocenters. The fourth-order valence-corrected chi connectivity index (χ4v) is 12.8. The van der Waals surface area contributed by atoms with E-state index in [-0.39, 0.29) is 58.3 Å². The van der Waals surface area contributed by atoms with Crippen molar-refractivity contribution < 1.29 is 42.8 Å². The smallest absolute Gasteiger partial charge is 0.416 e. The number of aliphatic hydroxyl groups is 4. The number of Topliss-reactive ketones (excluding diaryl/α,β-unsaturated/α-hetero) is 1. The van der Waals surface area contributed by atoms with Crippen LogP contribution in [0.1, 0.15) is 79.8 Å². The van der Waals surface area contributed by atoms with E-state index in [1.807, 2.05) is 11.4 Å². The first-order chi connectivity index (χ1) is 26.0. The fraction of sp³-hybridized carbons (Fsp3) is 0.558. The van der Waals surface area contributed by atoms with Crippen LogP contribution in [-0.2, 0) is 12.6 Å². The van der Waals surface area contributed by atoms with Crippen LogP contribution in [0.25, 0.3) is 11.3 Å². The topological polar surface area (TPSA) is 114 Å². The van der Waals surface area contributed by atoms with Crippen molar-refractivity contribution in [2.75, 3.05) is 26.2 Å². The van der Waals surface area contributed by atoms with Crippen LogP contribution in [0.4, 0.5) is 13.2 Å². The number of ketones is 1. The highest BCUT2D eigenvalue weighted by Crippen LogP contribution is 2.78. The molecule has 12 heteroatoms. The molecule has 0 aliphatic heterocycles. The van der Waals surface area contributed by atoms with Crippen LogP contribution in [0.15, 0.2) is 76.1 Å². The Morgan fingerprint density at radius 3 is 2.53 bits per heavy atom. The van der Waals surface area contributed by atoms with Crippen molar-refractivity contribution in [3.8, 4) is 11.3 Å². The van der Waals surface area contributed by atoms with Gasteiger partial charge in [-0.3, -0.25) is 9.69 Å². The molecule has 2 heterocycles. The highest BCUT2D eigenvalue weighted by Gasteiger charge is 2.74. The number of nitrogens with zero attached hydrogens (tertiary/aromatic N) is 1. The molecule has 2 aromatic heterocycles. The molecule has 55 heavy (non-hydrogen) atoms. The number of allylic oxidation sites excluding steroid dienone is 4. The molecule has 296 valence electrons. The SMILES string of the molecule is CC12CCC(O)CC13C=CC1(C(C(=O)c4ccc(-c5cc(C(F)(F)F)ccc5Cl)o4)=C3)C2CCC2(C)C1CCC2(O)CN(CCc1cccs1)CC(O)CO. The maximum absolute atomic E-state index is 15.0. The first-order valence-corrected chi connectivity index (χ1v) is 20.6. The molecular weight excluding hydrogens is 751 g/mol. The minimum atomic E-state index is -4.59. The molecular formula is C43H49ClF3NO6S. The van der Waals surface area contributed by atoms with Crippen LogP contribution in [0, 0.1) is 33.5 Å². The van der Waals surface area contributed by atoms with Crippen molar-refractivity contribution in [2.24, 2.45) is 33.5 Å². The summed E-state index contributed by atoms with van der Waals surface area (Å²) >= 11 is 8.03. The van der Waals surface area contributed by atoms with E-state index in [0.29, 0.717) is 44.3 Å². The van der Waals surface area contributed by atoms with Gasteiger partial charge in [0.25, 0.3) is 0 Å². The van der Waals surface area contributed by atoms with Crippen molar-refractivity contribution in [1.82, 2.24) is 4.90 Å². The maximum Gasteiger partial charge on any atom is 0.416 e. The zero-order valence-electron chi connectivity index (χ0n) is 31.1. The van der Waals surface area contributed by atoms with Gasteiger partial charge in [0, 0.05) is 51.9 Å². The molecule has 6 aliphatic carbocycles. The number of halogens is 4. The number of fused-ring (bicyclic) bond motifs is 1. The van der Waals surface area contributed by atoms with Crippen molar-refractivity contribution >= 4 is 28.7 Å². The van der Waals surface area contributed by atoms with Gasteiger partial charge in [0.2, 0.25) is 5.78 Å². The second-order valence-electron chi connectivity index (χ2n) is 17.4. The third kappa shape index (κ3) is 6.05. The summed E-state index contributed by atoms with van der Waals surface area (Å²) in [6.45, 7) is 5.16. The van der Waals surface area contributed by atoms with Gasteiger partial charge in [0.1, 0.15) is 5.76 Å². The summed E-state index contributed by atoms with van der Waals surface area (Å²) in [7, 11) is 0. The van der Waals surface area contributed by atoms with Gasteiger partial charge >= 0.3 is 6.18 Å². The van der Waals surface area contributed by atoms with E-state index < -0.39 is 45.8 Å². The van der Waals surface area contributed by atoms with E-state index in [0.717, 1.165) is 37.8 Å². The zero-order valence-corrected chi connectivity index (χ0v) is 32.7. The highest BCUT2D eigenvalue weighted by molar-refractivity contribution is 7.09. The largest absolute Gasteiger partial charge is 0.453 e. The second-order valence-corrected chi connectivity index (χ2v) is 18.8. The normalized spacial score (nSPS) is 35.7. The molecule has 2 bridgehead atoms. The molecule has 0 radical (unpaired) electrons. The van der Waals surface area contributed by atoms with Gasteiger partial charge in [0.15, 0.2) is 5.76 Å². The zero-order chi connectivity index (χ0) is 39.2. The van der Waals surface area contributed by atoms with Crippen molar-refractivity contribution in [3.05, 3.63) is 92.9 Å². The van der Waals surface area contributed by atoms with Crippen LogP contribution in [0.2, 0.25) is 5.02 Å². The molecule has 3 saturated carbocycles. The number of benzene rings is 1. The summed E-state index contributed by atoms with van der Waals surface area (Å²) in [6.07, 6.45) is 5.67. The predicted octanol–water partition coefficient (Wildman–Crippen LogP) is 8.35. The van der Waals surface area contributed by atoms with Crippen LogP contribution in [-0.4, -0.2) is 75.2 Å². The Balaban J connectivity index is 1.18. The Morgan fingerprint density at radius 2 is 1.80 bits per heavy atom. The lowest BCUT2D eigenvalue weighted by molar-refractivity contribution is -0.177. The summed E-state index contributed by atoms with van der Waals surface area (Å²) in [5, 5.41) is 46.4. The van der Waals surface area contributed by atoms with Gasteiger partial charge in [-0.15, -0.1) is 11.3 Å². The summed E-state index contributed by atoms with van der Waals surface area (Å²) in [5.74, 6) is -0.421. The highest BCUT2D eigenvalue weighted by atomic mass is 35.5. The second kappa shape index (κ2) is 13.7. The summed E-state index contributed by atoms with van der Waals surface area (Å²) in [4.78, 5) is 18.3. The Kier molecular flexibility index (Phi) is 9.71. The molecule has 7 nitrogen and oxygen atoms in total. The Hall–Kier alpha value is -2.77. The number of hydrogen-bond acceptors (Lipinski definition) is 8. The van der Waals surface area contributed by atoms with Gasteiger partial charge < -0.3 is 24.8 Å². The van der Waals surface area contributed by atoms with Crippen LogP contribution >= 0.6 is 22.9 Å². The van der Waals surface area contributed by atoms with Gasteiger partial charge in [-0.05, 0) is 110 Å². The van der Waals surface area contributed by atoms with E-state index in [9.17, 15) is 33.6 Å². The molecule has 0 saturated heterocycles. The predicted molar refractivity (Wildman–Crippen MR) is 205 cm³/mol. The number of alkyl halides is 3. The maximum atomic E-state index is 15.0. The summed E-state index contributed by atoms with van der Waals surface area (Å²) in [6, 6.07) is 10.1. The van der Waals surface area contributed by atoms with E-state index in [1.54, 1.807) is 11.3 Å². The molecule has 3 aromatic rings. The van der Waals surface area contributed by atoms with Crippen molar-refractivity contribution in [1.29, 1.82) is 0 Å². The number of carbonyl (C=O) groups is 1. The van der Waals surface area contributed by atoms with E-state index >= 15 is 4.79 Å². The Bertz CT molecular complexity index is 2010. The quantitative estimate of drug-likeness (QED) is 0.114. The molecule has 0 amide bonds. The van der Waals surface area contributed by atoms with E-state index in [1.165, 1.54) is 23.1 Å². The molecule has 1 aromatic carbocycles. The van der Waals surface area contributed by atoms with Gasteiger partial charge in [-0.2, -0.15) is 13.2 Å². The van der Waals surface area contributed by atoms with E-state index in [4.69, 9.17) is 16.0 Å². The average Bonchev–Trinajstić information content (AvgIpc) is 3.90. The lowest BCUT2D eigenvalue weighted by Gasteiger charge is -2.71. The van der Waals surface area contributed by atoms with Crippen molar-refractivity contribution in [2.45, 2.75) is 89.2 Å². The van der Waals surface area contributed by atoms with Crippen LogP contribution < -0.4 is 0 Å². The molecule has 9 atom stereocenters. The van der Waals surface area contributed by atoms with Crippen LogP contribution in [0.3, 0.4) is 0 Å². The third-order valence-electron chi connectivity index (χ3n) is 14.8. The minimum Gasteiger partial charge on any atom is -0.453 e. The summed E-state index contributed by atoms with van der Waals surface area (Å²) in [5.41, 5.74) is -3.70. The summed E-state index contributed by atoms with van der Waals surface area (Å²) < 4.78 is 47.1. The molecule has 3 fully saturated rings. The van der Waals surface area contributed by atoms with Crippen molar-refractivity contribution in [3.63, 3.8) is 0 Å². The fourth-order valence-electron chi connectivity index (χ4n) is 11.9. The monoisotopic (exact) mass is 799 g/mol. The molecule has 2 spiro atoms. The van der Waals surface area contributed by atoms with Gasteiger partial charge in [-0.1, -0.05) is 49.7 Å². The lowest BCUT2D eigenvalue weighted by Crippen LogP contribution is -2.67. The molecule has 9 rings (SSSR count). The standard InChI is InChI=1S/C43H49ClF3NO6S/c1-38-13-9-27(50)21-40(38)16-17-42(31(22-40)37(52)34-8-7-33(54-34)30-20-26(43(45,46)47)5-6-32(30)44)35(38)10-14-39(2)36(42)11-15-41(39,53)25-48(23-28(51)24-49)18-12-29-4-3-19-55-29/h3-8,16-17,19-20,22,27-28,35-36,49-51,53H,9-15,18,21,23-25H2,1-2H3. The minimum absolute atomic E-state index is 0.00320. The van der Waals surface area contributed by atoms with Gasteiger partial charge in [-0.25, -0.2) is 0 Å². The Morgan fingerprint density at radius 1 is 1.05 bits per heavy atom. The number of thiophene rings is 1. The molecule has 4 N–H and O–H groups in total. The Labute approximate surface area is 328 Å². The van der Waals surface area contributed by atoms with Gasteiger partial charge in [0.05, 0.1) is 35.0 Å². The first kappa shape index (κ1) is 39.1. The number of hydrogen-bond donors (Lipinski definition) is 4. The lowest BCUT2D eigenvalue weighted by atomic mass is 9.32. The molecule has 6 aliphatic rings. The van der Waals surface area contributed by atoms with Crippen LogP contribution in [0.5, 0.6) is 0 Å². The number of aliphatic hydroxyl groups excluding tert-OH is 3. The van der Waals surface area contributed by atoms with E-state index in [2.05, 4.69) is 43.0 Å².